The van der Waals surface area contributed by atoms with Crippen molar-refractivity contribution in [1.29, 1.82) is 0 Å². The SMILES string of the molecule is CC.CC.CC.CC.CC.CC.CC(C)(C)OC(=O)Nc1ncc(C(O)Cc2ccccc2)s1.COC(=O)Cc1ccccc1.Nc1ncc(CCc2ccccc2)s1.O=C(O)Cc1ccccc1.O=CCc1ccccc1.OCCc1ccccc1. The number of benzene rings is 6. The number of rotatable bonds is 15. The van der Waals surface area contributed by atoms with Gasteiger partial charge in [-0.3, -0.25) is 14.9 Å². The number of thiazole rings is 2. The number of carboxylic acid groups (broad SMARTS) is 1. The summed E-state index contributed by atoms with van der Waals surface area (Å²) in [6.45, 7) is 29.6. The normalized spacial score (nSPS) is 9.40. The lowest BCUT2D eigenvalue weighted by atomic mass is 10.1. The molecule has 1 amide bonds. The van der Waals surface area contributed by atoms with E-state index in [4.69, 9.17) is 20.7 Å². The number of ether oxygens (including phenoxy) is 2. The van der Waals surface area contributed by atoms with Crippen molar-refractivity contribution in [2.45, 2.75) is 161 Å². The van der Waals surface area contributed by atoms with E-state index in [1.165, 1.54) is 34.5 Å². The standard InChI is InChI=1S/C16H20N2O3S.C11H12N2S.C9H10O2.C8H8O2.C8H10O.C8H8O.6C2H6/c1-16(2,3)21-15(20)18-14-17-10-13(22-14)12(19)9-11-7-5-4-6-8-11;12-11-13-8-10(14-11)7-6-9-4-2-1-3-5-9;1-11-9(10)7-8-5-3-2-4-6-8;9-8(10)6-7-4-2-1-3-5-7;2*9-7-6-8-4-2-1-3-5-8;6*1-2/h4-8,10,12,19H,9H2,1-3H3,(H,17,18,20);1-5,8H,6-7H2,(H2,12,13);2-6H,7H2,1H3;1-5H,6H2,(H,9,10);1-5,9H,6-7H2;1-5,7H,6H2;6*1-2H3. The second-order valence-corrected chi connectivity index (χ2v) is 19.4. The molecule has 0 saturated carbocycles. The number of aromatic nitrogens is 2. The van der Waals surface area contributed by atoms with E-state index in [0.717, 1.165) is 47.8 Å². The van der Waals surface area contributed by atoms with Crippen LogP contribution in [0, 0.1) is 0 Å². The van der Waals surface area contributed by atoms with Crippen LogP contribution >= 0.6 is 22.7 Å². The van der Waals surface area contributed by atoms with Crippen molar-refractivity contribution in [3.8, 4) is 0 Å². The summed E-state index contributed by atoms with van der Waals surface area (Å²) in [5, 5.41) is 30.8. The number of aldehydes is 1. The lowest BCUT2D eigenvalue weighted by molar-refractivity contribution is -0.140. The molecule has 0 aliphatic heterocycles. The molecule has 8 rings (SSSR count). The number of aliphatic carboxylic acids is 1. The van der Waals surface area contributed by atoms with Gasteiger partial charge in [0.1, 0.15) is 11.9 Å². The summed E-state index contributed by atoms with van der Waals surface area (Å²) in [4.78, 5) is 52.7. The number of aryl methyl sites for hydroxylation is 2. The van der Waals surface area contributed by atoms with Crippen LogP contribution in [0.15, 0.2) is 194 Å². The number of carbonyl (C=O) groups excluding carboxylic acids is 3. The monoisotopic (exact) mass is 1230 g/mol. The molecule has 87 heavy (non-hydrogen) atoms. The van der Waals surface area contributed by atoms with Crippen LogP contribution in [0.4, 0.5) is 15.1 Å². The fourth-order valence-electron chi connectivity index (χ4n) is 6.27. The van der Waals surface area contributed by atoms with Gasteiger partial charge in [-0.1, -0.05) is 276 Å². The van der Waals surface area contributed by atoms with E-state index < -0.39 is 23.8 Å². The van der Waals surface area contributed by atoms with Crippen molar-refractivity contribution >= 4 is 57.3 Å². The summed E-state index contributed by atoms with van der Waals surface area (Å²) in [7, 11) is 1.39. The maximum atomic E-state index is 11.7. The Morgan fingerprint density at radius 3 is 1.31 bits per heavy atom. The molecular formula is C72H104N4O9S2. The first-order chi connectivity index (χ1) is 42.2. The van der Waals surface area contributed by atoms with Gasteiger partial charge in [0.05, 0.1) is 30.9 Å². The second kappa shape index (κ2) is 59.9. The number of nitrogen functional groups attached to an aromatic ring is 1. The number of nitrogens with one attached hydrogen (secondary N) is 1. The van der Waals surface area contributed by atoms with Crippen molar-refractivity contribution in [3.63, 3.8) is 0 Å². The molecule has 0 aliphatic rings. The lowest BCUT2D eigenvalue weighted by Gasteiger charge is -2.18. The van der Waals surface area contributed by atoms with E-state index in [1.807, 2.05) is 235 Å². The predicted molar refractivity (Wildman–Crippen MR) is 369 cm³/mol. The molecule has 15 heteroatoms. The molecule has 6 aromatic carbocycles. The molecule has 6 N–H and O–H groups in total. The van der Waals surface area contributed by atoms with E-state index in [9.17, 15) is 24.3 Å². The molecule has 1 atom stereocenters. The van der Waals surface area contributed by atoms with Gasteiger partial charge in [-0.2, -0.15) is 0 Å². The highest BCUT2D eigenvalue weighted by Crippen LogP contribution is 2.27. The van der Waals surface area contributed by atoms with Gasteiger partial charge >= 0.3 is 18.0 Å². The molecule has 1 unspecified atom stereocenters. The average Bonchev–Trinajstić information content (AvgIpc) is 4.41. The molecular weight excluding hydrogens is 1130 g/mol. The quantitative estimate of drug-likeness (QED) is 0.0479. The summed E-state index contributed by atoms with van der Waals surface area (Å²) >= 11 is 2.82. The number of aliphatic hydroxyl groups is 2. The lowest BCUT2D eigenvalue weighted by Crippen LogP contribution is -2.27. The van der Waals surface area contributed by atoms with Crippen molar-refractivity contribution in [3.05, 3.63) is 238 Å². The number of hydrogen-bond acceptors (Lipinski definition) is 13. The molecule has 0 bridgehead atoms. The van der Waals surface area contributed by atoms with Gasteiger partial charge in [-0.15, -0.1) is 11.3 Å². The molecule has 8 aromatic rings. The molecule has 13 nitrogen and oxygen atoms in total. The van der Waals surface area contributed by atoms with Crippen LogP contribution in [0.3, 0.4) is 0 Å². The number of hydrogen-bond donors (Lipinski definition) is 5. The number of nitrogens with zero attached hydrogens (tertiary/aromatic N) is 2. The van der Waals surface area contributed by atoms with Crippen LogP contribution in [-0.4, -0.2) is 68.9 Å². The number of carboxylic acids is 1. The van der Waals surface area contributed by atoms with Crippen molar-refractivity contribution in [1.82, 2.24) is 9.97 Å². The van der Waals surface area contributed by atoms with Crippen molar-refractivity contribution < 1.29 is 44.0 Å². The minimum atomic E-state index is -0.786. The number of aliphatic hydroxyl groups excluding tert-OH is 2. The third kappa shape index (κ3) is 49.0. The number of carbonyl (C=O) groups is 4. The first kappa shape index (κ1) is 85.6. The Hall–Kier alpha value is -7.82. The van der Waals surface area contributed by atoms with Gasteiger partial charge in [0.25, 0.3) is 0 Å². The first-order valence-corrected chi connectivity index (χ1v) is 31.7. The topological polar surface area (TPSA) is 211 Å². The van der Waals surface area contributed by atoms with Crippen molar-refractivity contribution in [2.24, 2.45) is 0 Å². The molecule has 0 saturated heterocycles. The molecule has 0 aliphatic carbocycles. The van der Waals surface area contributed by atoms with Gasteiger partial charge in [0, 0.05) is 36.7 Å². The smallest absolute Gasteiger partial charge is 0.413 e. The maximum Gasteiger partial charge on any atom is 0.413 e. The van der Waals surface area contributed by atoms with Gasteiger partial charge < -0.3 is 35.3 Å². The largest absolute Gasteiger partial charge is 0.481 e. The second-order valence-electron chi connectivity index (χ2n) is 17.2. The third-order valence-corrected chi connectivity index (χ3v) is 11.7. The number of amides is 1. The molecule has 2 aromatic heterocycles. The Kier molecular flexibility index (Phi) is 58.9. The van der Waals surface area contributed by atoms with Crippen LogP contribution < -0.4 is 11.1 Å². The van der Waals surface area contributed by atoms with Crippen LogP contribution in [0.2, 0.25) is 0 Å². The molecule has 478 valence electrons. The molecule has 0 radical (unpaired) electrons. The average molecular weight is 1230 g/mol. The minimum absolute atomic E-state index is 0.112. The zero-order chi connectivity index (χ0) is 66.5. The van der Waals surface area contributed by atoms with Gasteiger partial charge in [0.2, 0.25) is 0 Å². The fourth-order valence-corrected chi connectivity index (χ4v) is 7.74. The van der Waals surface area contributed by atoms with Gasteiger partial charge in [-0.05, 0) is 73.4 Å². The number of anilines is 2. The Balaban J connectivity index is -0.000000471. The first-order valence-electron chi connectivity index (χ1n) is 30.1. The summed E-state index contributed by atoms with van der Waals surface area (Å²) < 4.78 is 9.68. The third-order valence-electron chi connectivity index (χ3n) is 9.83. The molecule has 0 fully saturated rings. The Labute approximate surface area is 531 Å². The van der Waals surface area contributed by atoms with E-state index in [1.54, 1.807) is 50.4 Å². The van der Waals surface area contributed by atoms with E-state index >= 15 is 0 Å². The fraction of sp³-hybridized carbons (Fsp3) is 0.361. The van der Waals surface area contributed by atoms with E-state index in [-0.39, 0.29) is 19.0 Å². The highest BCUT2D eigenvalue weighted by Gasteiger charge is 2.19. The summed E-state index contributed by atoms with van der Waals surface area (Å²) in [5.74, 6) is -0.984. The number of esters is 1. The number of methoxy groups -OCH3 is 1. The summed E-state index contributed by atoms with van der Waals surface area (Å²) in [6, 6.07) is 58.5. The molecule has 0 spiro atoms. The Morgan fingerprint density at radius 2 is 0.943 bits per heavy atom. The zero-order valence-electron chi connectivity index (χ0n) is 54.9. The molecule has 2 heterocycles. The summed E-state index contributed by atoms with van der Waals surface area (Å²) in [6.07, 6.45) is 7.51. The Morgan fingerprint density at radius 1 is 0.552 bits per heavy atom. The van der Waals surface area contributed by atoms with Crippen LogP contribution in [0.1, 0.15) is 153 Å². The van der Waals surface area contributed by atoms with Gasteiger partial charge in [0.15, 0.2) is 10.3 Å². The van der Waals surface area contributed by atoms with E-state index in [0.29, 0.717) is 34.4 Å². The predicted octanol–water partition coefficient (Wildman–Crippen LogP) is 17.8. The zero-order valence-corrected chi connectivity index (χ0v) is 56.5. The Bertz CT molecular complexity index is 2760. The van der Waals surface area contributed by atoms with E-state index in [2.05, 4.69) is 44.3 Å². The maximum absolute atomic E-state index is 11.7. The highest BCUT2D eigenvalue weighted by atomic mass is 32.1. The van der Waals surface area contributed by atoms with Gasteiger partial charge in [-0.25, -0.2) is 14.8 Å². The van der Waals surface area contributed by atoms with Crippen LogP contribution in [0.25, 0.3) is 0 Å². The summed E-state index contributed by atoms with van der Waals surface area (Å²) in [5.41, 5.74) is 11.5. The van der Waals surface area contributed by atoms with Crippen LogP contribution in [-0.2, 0) is 68.8 Å². The van der Waals surface area contributed by atoms with Crippen molar-refractivity contribution in [2.75, 3.05) is 24.8 Å². The highest BCUT2D eigenvalue weighted by molar-refractivity contribution is 7.16. The number of nitrogens with two attached hydrogens (primary N) is 1. The van der Waals surface area contributed by atoms with Crippen LogP contribution in [0.5, 0.6) is 0 Å². The minimum Gasteiger partial charge on any atom is -0.481 e.